The number of anilines is 2. The van der Waals surface area contributed by atoms with Gasteiger partial charge < -0.3 is 11.1 Å². The number of fused-ring (bicyclic) bond motifs is 1. The number of rotatable bonds is 3. The number of primary amides is 1. The molecule has 1 heterocycles. The number of carbonyl (C=O) groups is 1. The molecule has 0 radical (unpaired) electrons. The minimum Gasteiger partial charge on any atom is -0.366 e. The smallest absolute Gasteiger partial charge is 0.248 e. The molecule has 1 amide bonds. The van der Waals surface area contributed by atoms with Crippen molar-refractivity contribution in [3.8, 4) is 6.07 Å². The molecule has 0 unspecified atom stereocenters. The number of aryl methyl sites for hydroxylation is 2. The van der Waals surface area contributed by atoms with Gasteiger partial charge >= 0.3 is 0 Å². The molecule has 0 saturated carbocycles. The Balaban J connectivity index is 1.91. The Morgan fingerprint density at radius 3 is 2.71 bits per heavy atom. The van der Waals surface area contributed by atoms with E-state index in [1.807, 2.05) is 6.07 Å². The van der Waals surface area contributed by atoms with Crippen LogP contribution in [0, 0.1) is 11.3 Å². The lowest BCUT2D eigenvalue weighted by Crippen LogP contribution is -2.10. The van der Waals surface area contributed by atoms with Crippen LogP contribution in [0.1, 0.15) is 33.6 Å². The molecule has 0 bridgehead atoms. The second-order valence-corrected chi connectivity index (χ2v) is 5.02. The Morgan fingerprint density at radius 1 is 1.29 bits per heavy atom. The first-order chi connectivity index (χ1) is 10.2. The molecule has 0 fully saturated rings. The monoisotopic (exact) mass is 278 g/mol. The number of carbonyl (C=O) groups excluding carboxylic acids is 1. The van der Waals surface area contributed by atoms with E-state index in [-0.39, 0.29) is 0 Å². The van der Waals surface area contributed by atoms with E-state index in [4.69, 9.17) is 5.73 Å². The third-order valence-electron chi connectivity index (χ3n) is 3.60. The summed E-state index contributed by atoms with van der Waals surface area (Å²) >= 11 is 0. The predicted octanol–water partition coefficient (Wildman–Crippen LogP) is 2.28. The molecule has 21 heavy (non-hydrogen) atoms. The van der Waals surface area contributed by atoms with Gasteiger partial charge in [-0.25, -0.2) is 4.98 Å². The Labute approximate surface area is 122 Å². The first-order valence-corrected chi connectivity index (χ1v) is 6.77. The number of nitrogens with zero attached hydrogens (tertiary/aromatic N) is 2. The standard InChI is InChI=1S/C16H14N4O/c17-9-12-8-11-2-1-3-14(11)20-16(12)19-13-6-4-10(5-7-13)15(18)21/h4-8H,1-3H2,(H2,18,21)(H,19,20). The summed E-state index contributed by atoms with van der Waals surface area (Å²) in [7, 11) is 0. The van der Waals surface area contributed by atoms with Crippen molar-refractivity contribution in [2.75, 3.05) is 5.32 Å². The van der Waals surface area contributed by atoms with Gasteiger partial charge in [0.2, 0.25) is 5.91 Å². The van der Waals surface area contributed by atoms with Crippen molar-refractivity contribution in [1.29, 1.82) is 5.26 Å². The molecule has 3 rings (SSSR count). The zero-order valence-corrected chi connectivity index (χ0v) is 11.4. The molecule has 0 spiro atoms. The zero-order valence-electron chi connectivity index (χ0n) is 11.4. The van der Waals surface area contributed by atoms with Crippen molar-refractivity contribution in [2.24, 2.45) is 5.73 Å². The van der Waals surface area contributed by atoms with Crippen molar-refractivity contribution in [3.05, 3.63) is 52.7 Å². The van der Waals surface area contributed by atoms with Crippen LogP contribution in [0.25, 0.3) is 0 Å². The van der Waals surface area contributed by atoms with Gasteiger partial charge in [0.05, 0.1) is 5.56 Å². The normalized spacial score (nSPS) is 12.5. The van der Waals surface area contributed by atoms with Crippen molar-refractivity contribution < 1.29 is 4.79 Å². The third-order valence-corrected chi connectivity index (χ3v) is 3.60. The van der Waals surface area contributed by atoms with Gasteiger partial charge in [0.15, 0.2) is 0 Å². The fraction of sp³-hybridized carbons (Fsp3) is 0.188. The number of nitriles is 1. The van der Waals surface area contributed by atoms with Crippen LogP contribution >= 0.6 is 0 Å². The van der Waals surface area contributed by atoms with Crippen LogP contribution in [-0.4, -0.2) is 10.9 Å². The first kappa shape index (κ1) is 13.1. The molecular formula is C16H14N4O. The van der Waals surface area contributed by atoms with Crippen LogP contribution in [0.15, 0.2) is 30.3 Å². The van der Waals surface area contributed by atoms with Crippen LogP contribution in [-0.2, 0) is 12.8 Å². The third kappa shape index (κ3) is 2.56. The fourth-order valence-corrected chi connectivity index (χ4v) is 2.51. The lowest BCUT2D eigenvalue weighted by Gasteiger charge is -2.10. The quantitative estimate of drug-likeness (QED) is 0.901. The highest BCUT2D eigenvalue weighted by atomic mass is 16.1. The molecule has 3 N–H and O–H groups in total. The number of hydrogen-bond donors (Lipinski definition) is 2. The second-order valence-electron chi connectivity index (χ2n) is 5.02. The number of amides is 1. The summed E-state index contributed by atoms with van der Waals surface area (Å²) in [4.78, 5) is 15.6. The summed E-state index contributed by atoms with van der Waals surface area (Å²) in [6, 6.07) is 10.9. The van der Waals surface area contributed by atoms with Crippen molar-refractivity contribution >= 4 is 17.4 Å². The SMILES string of the molecule is N#Cc1cc2c(nc1Nc1ccc(C(N)=O)cc1)CCC2. The van der Waals surface area contributed by atoms with Crippen LogP contribution in [0.2, 0.25) is 0 Å². The summed E-state index contributed by atoms with van der Waals surface area (Å²) in [5.74, 6) is 0.0971. The largest absolute Gasteiger partial charge is 0.366 e. The molecule has 0 aliphatic heterocycles. The minimum atomic E-state index is -0.463. The maximum atomic E-state index is 11.0. The number of benzene rings is 1. The Hall–Kier alpha value is -2.87. The molecule has 1 aliphatic rings. The Kier molecular flexibility index (Phi) is 3.28. The maximum absolute atomic E-state index is 11.0. The van der Waals surface area contributed by atoms with Gasteiger partial charge in [-0.1, -0.05) is 0 Å². The number of nitrogens with two attached hydrogens (primary N) is 1. The molecule has 2 aromatic rings. The van der Waals surface area contributed by atoms with Gasteiger partial charge in [-0.15, -0.1) is 0 Å². The van der Waals surface area contributed by atoms with E-state index in [1.54, 1.807) is 24.3 Å². The van der Waals surface area contributed by atoms with Gasteiger partial charge in [0.25, 0.3) is 0 Å². The van der Waals surface area contributed by atoms with Crippen LogP contribution < -0.4 is 11.1 Å². The highest BCUT2D eigenvalue weighted by Crippen LogP contribution is 2.26. The highest BCUT2D eigenvalue weighted by molar-refractivity contribution is 5.93. The van der Waals surface area contributed by atoms with E-state index < -0.39 is 5.91 Å². The molecule has 5 heteroatoms. The molecule has 1 aromatic heterocycles. The van der Waals surface area contributed by atoms with E-state index in [0.717, 1.165) is 30.6 Å². The van der Waals surface area contributed by atoms with Crippen molar-refractivity contribution in [2.45, 2.75) is 19.3 Å². The summed E-state index contributed by atoms with van der Waals surface area (Å²) in [5, 5.41) is 12.4. The van der Waals surface area contributed by atoms with Crippen molar-refractivity contribution in [3.63, 3.8) is 0 Å². The van der Waals surface area contributed by atoms with E-state index in [2.05, 4.69) is 16.4 Å². The van der Waals surface area contributed by atoms with Gasteiger partial charge in [-0.3, -0.25) is 4.79 Å². The molecule has 1 aliphatic carbocycles. The maximum Gasteiger partial charge on any atom is 0.248 e. The van der Waals surface area contributed by atoms with E-state index in [0.29, 0.717) is 16.9 Å². The molecule has 5 nitrogen and oxygen atoms in total. The summed E-state index contributed by atoms with van der Waals surface area (Å²) in [6.07, 6.45) is 3.03. The topological polar surface area (TPSA) is 91.8 Å². The molecule has 1 aromatic carbocycles. The Morgan fingerprint density at radius 2 is 2.05 bits per heavy atom. The number of aromatic nitrogens is 1. The average Bonchev–Trinajstić information content (AvgIpc) is 2.94. The van der Waals surface area contributed by atoms with Gasteiger partial charge in [0.1, 0.15) is 11.9 Å². The van der Waals surface area contributed by atoms with Crippen molar-refractivity contribution in [1.82, 2.24) is 4.98 Å². The van der Waals surface area contributed by atoms with Crippen LogP contribution in [0.3, 0.4) is 0 Å². The number of nitrogens with one attached hydrogen (secondary N) is 1. The van der Waals surface area contributed by atoms with Gasteiger partial charge in [-0.2, -0.15) is 5.26 Å². The molecule has 104 valence electrons. The van der Waals surface area contributed by atoms with Crippen LogP contribution in [0.4, 0.5) is 11.5 Å². The summed E-state index contributed by atoms with van der Waals surface area (Å²) < 4.78 is 0. The molecule has 0 saturated heterocycles. The zero-order chi connectivity index (χ0) is 14.8. The number of hydrogen-bond acceptors (Lipinski definition) is 4. The van der Waals surface area contributed by atoms with E-state index >= 15 is 0 Å². The first-order valence-electron chi connectivity index (χ1n) is 6.77. The van der Waals surface area contributed by atoms with Crippen LogP contribution in [0.5, 0.6) is 0 Å². The lowest BCUT2D eigenvalue weighted by molar-refractivity contribution is 0.100. The fourth-order valence-electron chi connectivity index (χ4n) is 2.51. The molecule has 0 atom stereocenters. The minimum absolute atomic E-state index is 0.447. The molecular weight excluding hydrogens is 264 g/mol. The average molecular weight is 278 g/mol. The van der Waals surface area contributed by atoms with Gasteiger partial charge in [-0.05, 0) is 55.2 Å². The van der Waals surface area contributed by atoms with Gasteiger partial charge in [0, 0.05) is 16.9 Å². The number of pyridine rings is 1. The van der Waals surface area contributed by atoms with E-state index in [1.165, 1.54) is 5.56 Å². The highest BCUT2D eigenvalue weighted by Gasteiger charge is 2.16. The lowest BCUT2D eigenvalue weighted by atomic mass is 10.1. The summed E-state index contributed by atoms with van der Waals surface area (Å²) in [5.41, 5.74) is 9.19. The van der Waals surface area contributed by atoms with E-state index in [9.17, 15) is 10.1 Å². The second kappa shape index (κ2) is 5.25. The Bertz CT molecular complexity index is 744. The summed E-state index contributed by atoms with van der Waals surface area (Å²) in [6.45, 7) is 0. The predicted molar refractivity (Wildman–Crippen MR) is 79.2 cm³/mol.